The van der Waals surface area contributed by atoms with Crippen molar-refractivity contribution in [1.82, 2.24) is 24.5 Å². The summed E-state index contributed by atoms with van der Waals surface area (Å²) < 4.78 is 2.29. The second kappa shape index (κ2) is 9.80. The van der Waals surface area contributed by atoms with Crippen LogP contribution < -0.4 is 5.32 Å². The number of anilines is 1. The van der Waals surface area contributed by atoms with Crippen LogP contribution in [0.2, 0.25) is 0 Å². The smallest absolute Gasteiger partial charge is 0.236 e. The number of aromatic nitrogens is 5. The Balaban J connectivity index is 1.63. The molecule has 2 aliphatic rings. The van der Waals surface area contributed by atoms with E-state index in [9.17, 15) is 5.26 Å². The molecular weight excluding hydrogens is 446 g/mol. The Morgan fingerprint density at radius 3 is 2.50 bits per heavy atom. The zero-order chi connectivity index (χ0) is 25.4. The van der Waals surface area contributed by atoms with Gasteiger partial charge in [-0.2, -0.15) is 15.2 Å². The highest BCUT2D eigenvalue weighted by atomic mass is 15.2. The summed E-state index contributed by atoms with van der Waals surface area (Å²) in [5.41, 5.74) is 3.98. The van der Waals surface area contributed by atoms with Crippen LogP contribution in [-0.4, -0.2) is 30.5 Å². The molecule has 0 amide bonds. The van der Waals surface area contributed by atoms with Gasteiger partial charge in [0.2, 0.25) is 5.82 Å². The van der Waals surface area contributed by atoms with E-state index in [2.05, 4.69) is 72.7 Å². The van der Waals surface area contributed by atoms with Crippen LogP contribution in [0, 0.1) is 28.6 Å². The maximum Gasteiger partial charge on any atom is 0.236 e. The van der Waals surface area contributed by atoms with Crippen LogP contribution in [0.15, 0.2) is 18.3 Å². The summed E-state index contributed by atoms with van der Waals surface area (Å²) in [6.45, 7) is 12.2. The van der Waals surface area contributed by atoms with Gasteiger partial charge in [-0.3, -0.25) is 4.98 Å². The molecule has 0 aliphatic heterocycles. The molecule has 0 aromatic carbocycles. The van der Waals surface area contributed by atoms with Crippen LogP contribution in [-0.2, 0) is 6.54 Å². The van der Waals surface area contributed by atoms with Crippen molar-refractivity contribution in [1.29, 1.82) is 5.26 Å². The maximum atomic E-state index is 9.67. The Hall–Kier alpha value is -3.01. The Morgan fingerprint density at radius 2 is 1.86 bits per heavy atom. The fraction of sp³-hybridized carbons (Fsp3) is 0.621. The largest absolute Gasteiger partial charge is 0.365 e. The molecule has 2 aliphatic carbocycles. The minimum absolute atomic E-state index is 0.158. The van der Waals surface area contributed by atoms with Gasteiger partial charge in [0.1, 0.15) is 17.3 Å². The van der Waals surface area contributed by atoms with E-state index in [-0.39, 0.29) is 11.9 Å². The topological polar surface area (TPSA) is 92.3 Å². The van der Waals surface area contributed by atoms with Crippen LogP contribution in [0.4, 0.5) is 5.82 Å². The quantitative estimate of drug-likeness (QED) is 0.400. The molecule has 0 saturated heterocycles. The van der Waals surface area contributed by atoms with E-state index in [1.54, 1.807) is 0 Å². The number of nitrogens with one attached hydrogen (secondary N) is 1. The van der Waals surface area contributed by atoms with Gasteiger partial charge in [0.05, 0.1) is 0 Å². The van der Waals surface area contributed by atoms with Crippen molar-refractivity contribution in [3.63, 3.8) is 0 Å². The highest BCUT2D eigenvalue weighted by Gasteiger charge is 2.30. The Morgan fingerprint density at radius 1 is 1.11 bits per heavy atom. The average molecular weight is 486 g/mol. The molecule has 3 aromatic rings. The van der Waals surface area contributed by atoms with E-state index < -0.39 is 0 Å². The predicted molar refractivity (Wildman–Crippen MR) is 144 cm³/mol. The van der Waals surface area contributed by atoms with Crippen LogP contribution in [0.5, 0.6) is 0 Å². The van der Waals surface area contributed by atoms with Crippen molar-refractivity contribution in [2.75, 3.05) is 5.32 Å². The molecule has 2 fully saturated rings. The summed E-state index contributed by atoms with van der Waals surface area (Å²) in [6, 6.07) is 6.65. The zero-order valence-corrected chi connectivity index (χ0v) is 22.4. The fourth-order valence-corrected chi connectivity index (χ4v) is 5.66. The molecular formula is C29H39N7. The van der Waals surface area contributed by atoms with Crippen molar-refractivity contribution in [2.24, 2.45) is 17.3 Å². The summed E-state index contributed by atoms with van der Waals surface area (Å²) in [4.78, 5) is 18.9. The van der Waals surface area contributed by atoms with Gasteiger partial charge in [0.15, 0.2) is 17.3 Å². The second-order valence-electron chi connectivity index (χ2n) is 12.1. The van der Waals surface area contributed by atoms with E-state index >= 15 is 0 Å². The monoisotopic (exact) mass is 485 g/mol. The summed E-state index contributed by atoms with van der Waals surface area (Å²) in [5.74, 6) is 3.31. The first-order valence-electron chi connectivity index (χ1n) is 13.7. The van der Waals surface area contributed by atoms with Gasteiger partial charge in [-0.05, 0) is 86.3 Å². The zero-order valence-electron chi connectivity index (χ0n) is 22.4. The fourth-order valence-electron chi connectivity index (χ4n) is 5.66. The molecule has 0 bridgehead atoms. The van der Waals surface area contributed by atoms with Gasteiger partial charge in [-0.1, -0.05) is 34.1 Å². The normalized spacial score (nSPS) is 19.2. The van der Waals surface area contributed by atoms with Crippen molar-refractivity contribution in [3.8, 4) is 17.6 Å². The summed E-state index contributed by atoms with van der Waals surface area (Å²) in [5, 5.41) is 13.3. The number of hydrogen-bond donors (Lipinski definition) is 1. The van der Waals surface area contributed by atoms with E-state index in [1.807, 2.05) is 6.20 Å². The van der Waals surface area contributed by atoms with Gasteiger partial charge in [0.25, 0.3) is 0 Å². The lowest BCUT2D eigenvalue weighted by Crippen LogP contribution is -2.31. The lowest BCUT2D eigenvalue weighted by atomic mass is 9.73. The van der Waals surface area contributed by atoms with Crippen LogP contribution >= 0.6 is 0 Å². The molecule has 3 heterocycles. The molecule has 7 nitrogen and oxygen atoms in total. The number of nitriles is 1. The molecule has 3 aromatic heterocycles. The van der Waals surface area contributed by atoms with E-state index in [4.69, 9.17) is 9.97 Å². The third-order valence-corrected chi connectivity index (χ3v) is 8.50. The number of imidazole rings is 1. The number of fused-ring (bicyclic) bond motifs is 1. The Kier molecular flexibility index (Phi) is 6.72. The minimum Gasteiger partial charge on any atom is -0.365 e. The van der Waals surface area contributed by atoms with Crippen LogP contribution in [0.25, 0.3) is 22.7 Å². The Bertz CT molecular complexity index is 1270. The molecule has 190 valence electrons. The van der Waals surface area contributed by atoms with Gasteiger partial charge in [0, 0.05) is 18.8 Å². The van der Waals surface area contributed by atoms with Crippen molar-refractivity contribution in [2.45, 2.75) is 98.1 Å². The van der Waals surface area contributed by atoms with Gasteiger partial charge < -0.3 is 9.88 Å². The van der Waals surface area contributed by atoms with Gasteiger partial charge in [-0.15, -0.1) is 0 Å². The Labute approximate surface area is 214 Å². The van der Waals surface area contributed by atoms with Crippen LogP contribution in [0.3, 0.4) is 0 Å². The van der Waals surface area contributed by atoms with Crippen LogP contribution in [0.1, 0.15) is 96.9 Å². The molecule has 0 spiro atoms. The third-order valence-electron chi connectivity index (χ3n) is 8.50. The van der Waals surface area contributed by atoms with E-state index in [1.165, 1.54) is 50.5 Å². The SMILES string of the molecule is CC(C)c1ccnc(-c2nc3nc(C#N)nc(N[C@H](C)C4CCC4)c3n2CC2CCC(C)(C)CC2)c1. The first-order chi connectivity index (χ1) is 17.2. The highest BCUT2D eigenvalue weighted by Crippen LogP contribution is 2.40. The number of hydrogen-bond acceptors (Lipinski definition) is 6. The summed E-state index contributed by atoms with van der Waals surface area (Å²) >= 11 is 0. The molecule has 7 heteroatoms. The average Bonchev–Trinajstić information content (AvgIpc) is 3.17. The molecule has 1 atom stereocenters. The standard InChI is InChI=1S/C29H39N7/c1-18(2)22-11-14-31-23(15-22)28-35-27-25(36(28)17-20-9-12-29(4,5)13-10-20)26(33-24(16-30)34-27)32-19(3)21-7-6-8-21/h11,14-15,18-21H,6-10,12-13,17H2,1-5H3,(H,32,33,34)/t19-/m1/s1. The predicted octanol–water partition coefficient (Wildman–Crippen LogP) is 6.70. The van der Waals surface area contributed by atoms with E-state index in [0.29, 0.717) is 28.8 Å². The molecule has 1 N–H and O–H groups in total. The minimum atomic E-state index is 0.158. The highest BCUT2D eigenvalue weighted by molar-refractivity contribution is 5.87. The van der Waals surface area contributed by atoms with Gasteiger partial charge in [-0.25, -0.2) is 4.98 Å². The van der Waals surface area contributed by atoms with Crippen molar-refractivity contribution < 1.29 is 0 Å². The first kappa shape index (κ1) is 24.7. The maximum absolute atomic E-state index is 9.67. The number of nitrogens with zero attached hydrogens (tertiary/aromatic N) is 6. The van der Waals surface area contributed by atoms with Crippen molar-refractivity contribution in [3.05, 3.63) is 29.7 Å². The summed E-state index contributed by atoms with van der Waals surface area (Å²) in [6.07, 6.45) is 10.5. The molecule has 0 radical (unpaired) electrons. The molecule has 2 saturated carbocycles. The lowest BCUT2D eigenvalue weighted by Gasteiger charge is -2.35. The lowest BCUT2D eigenvalue weighted by molar-refractivity contribution is 0.180. The first-order valence-corrected chi connectivity index (χ1v) is 13.7. The molecule has 36 heavy (non-hydrogen) atoms. The molecule has 0 unspecified atom stereocenters. The third kappa shape index (κ3) is 4.96. The number of pyridine rings is 1. The van der Waals surface area contributed by atoms with Crippen molar-refractivity contribution >= 4 is 17.0 Å². The summed E-state index contributed by atoms with van der Waals surface area (Å²) in [7, 11) is 0. The number of rotatable bonds is 7. The molecule has 5 rings (SSSR count). The van der Waals surface area contributed by atoms with Gasteiger partial charge >= 0.3 is 0 Å². The van der Waals surface area contributed by atoms with E-state index in [0.717, 1.165) is 29.4 Å². The second-order valence-corrected chi connectivity index (χ2v) is 12.1.